The van der Waals surface area contributed by atoms with Crippen molar-refractivity contribution in [2.75, 3.05) is 21.2 Å². The molecule has 4 nitrogen and oxygen atoms in total. The summed E-state index contributed by atoms with van der Waals surface area (Å²) in [4.78, 5) is 14.9. The average molecular weight is 414 g/mol. The van der Waals surface area contributed by atoms with Crippen LogP contribution in [0.2, 0.25) is 5.02 Å². The minimum atomic E-state index is -0.389. The first-order chi connectivity index (χ1) is 13.6. The molecule has 0 aliphatic carbocycles. The van der Waals surface area contributed by atoms with Gasteiger partial charge in [-0.05, 0) is 55.6 Å². The molecule has 0 radical (unpaired) electrons. The van der Waals surface area contributed by atoms with Gasteiger partial charge in [-0.15, -0.1) is 6.58 Å². The van der Waals surface area contributed by atoms with Gasteiger partial charge in [-0.1, -0.05) is 43.7 Å². The topological polar surface area (TPSA) is 49.8 Å². The van der Waals surface area contributed by atoms with E-state index in [1.165, 1.54) is 13.2 Å². The number of halogens is 1. The highest BCUT2D eigenvalue weighted by molar-refractivity contribution is 6.32. The lowest BCUT2D eigenvalue weighted by atomic mass is 9.83. The fourth-order valence-corrected chi connectivity index (χ4v) is 3.36. The summed E-state index contributed by atoms with van der Waals surface area (Å²) in [5.41, 5.74) is 2.48. The Morgan fingerprint density at radius 1 is 1.28 bits per heavy atom. The number of phenols is 1. The van der Waals surface area contributed by atoms with Gasteiger partial charge in [0.2, 0.25) is 0 Å². The third-order valence-electron chi connectivity index (χ3n) is 4.78. The van der Waals surface area contributed by atoms with Crippen molar-refractivity contribution in [3.63, 3.8) is 0 Å². The zero-order valence-electron chi connectivity index (χ0n) is 17.6. The smallest absolute Gasteiger partial charge is 0.189 e. The van der Waals surface area contributed by atoms with E-state index >= 15 is 0 Å². The number of phenolic OH excluding ortho intramolecular Hbond substituents is 1. The van der Waals surface area contributed by atoms with Crippen molar-refractivity contribution in [1.29, 1.82) is 0 Å². The number of carbonyl (C=O) groups excluding carboxylic acids is 1. The molecule has 5 heteroatoms. The molecule has 0 unspecified atom stereocenters. The SMILES string of the molecule is C=CC(C)(C)c1cc(C(=O)/C=C/c2ccc(O)c(CN(C)C)c2)c(OC)cc1Cl. The molecule has 154 valence electrons. The van der Waals surface area contributed by atoms with Crippen LogP contribution in [0, 0.1) is 0 Å². The first-order valence-electron chi connectivity index (χ1n) is 9.29. The summed E-state index contributed by atoms with van der Waals surface area (Å²) < 4.78 is 5.38. The van der Waals surface area contributed by atoms with Gasteiger partial charge in [0.25, 0.3) is 0 Å². The first kappa shape index (κ1) is 22.7. The Hall–Kier alpha value is -2.56. The molecule has 0 atom stereocenters. The number of ether oxygens (including phenoxy) is 1. The molecule has 29 heavy (non-hydrogen) atoms. The van der Waals surface area contributed by atoms with E-state index in [1.54, 1.807) is 36.4 Å². The van der Waals surface area contributed by atoms with E-state index in [0.29, 0.717) is 22.9 Å². The fourth-order valence-electron chi connectivity index (χ4n) is 2.96. The van der Waals surface area contributed by atoms with Crippen LogP contribution in [-0.4, -0.2) is 37.0 Å². The zero-order chi connectivity index (χ0) is 21.8. The van der Waals surface area contributed by atoms with E-state index in [1.807, 2.05) is 38.9 Å². The molecule has 0 saturated carbocycles. The number of aromatic hydroxyl groups is 1. The van der Waals surface area contributed by atoms with Crippen LogP contribution in [0.25, 0.3) is 6.08 Å². The van der Waals surface area contributed by atoms with Gasteiger partial charge >= 0.3 is 0 Å². The van der Waals surface area contributed by atoms with Crippen LogP contribution in [0.1, 0.15) is 40.9 Å². The normalized spacial score (nSPS) is 11.8. The average Bonchev–Trinajstić information content (AvgIpc) is 2.67. The second kappa shape index (κ2) is 9.29. The maximum Gasteiger partial charge on any atom is 0.189 e. The number of ketones is 1. The molecule has 2 aromatic carbocycles. The molecular weight excluding hydrogens is 386 g/mol. The second-order valence-corrected chi connectivity index (χ2v) is 8.19. The van der Waals surface area contributed by atoms with Gasteiger partial charge in [0.15, 0.2) is 5.78 Å². The number of methoxy groups -OCH3 is 1. The minimum absolute atomic E-state index is 0.193. The highest BCUT2D eigenvalue weighted by Gasteiger charge is 2.23. The molecule has 0 aliphatic rings. The second-order valence-electron chi connectivity index (χ2n) is 7.78. The molecule has 1 N–H and O–H groups in total. The van der Waals surface area contributed by atoms with E-state index in [0.717, 1.165) is 16.7 Å². The maximum atomic E-state index is 12.9. The number of benzene rings is 2. The lowest BCUT2D eigenvalue weighted by Gasteiger charge is -2.23. The maximum absolute atomic E-state index is 12.9. The number of rotatable bonds is 8. The highest BCUT2D eigenvalue weighted by Crippen LogP contribution is 2.36. The van der Waals surface area contributed by atoms with Crippen molar-refractivity contribution < 1.29 is 14.6 Å². The van der Waals surface area contributed by atoms with Crippen molar-refractivity contribution in [3.8, 4) is 11.5 Å². The molecule has 2 aromatic rings. The standard InChI is InChI=1S/C24H28ClNO3/c1-7-24(2,3)19-13-18(23(29-6)14-20(19)25)22(28)11-9-16-8-10-21(27)17(12-16)15-26(4)5/h7-14,27H,1,15H2,2-6H3/b11-9+. The van der Waals surface area contributed by atoms with Crippen molar-refractivity contribution in [2.24, 2.45) is 0 Å². The zero-order valence-corrected chi connectivity index (χ0v) is 18.4. The fraction of sp³-hybridized carbons (Fsp3) is 0.292. The van der Waals surface area contributed by atoms with Gasteiger partial charge in [0, 0.05) is 22.5 Å². The van der Waals surface area contributed by atoms with Gasteiger partial charge in [-0.3, -0.25) is 4.79 Å². The highest BCUT2D eigenvalue weighted by atomic mass is 35.5. The van der Waals surface area contributed by atoms with E-state index in [9.17, 15) is 9.90 Å². The first-order valence-corrected chi connectivity index (χ1v) is 9.67. The largest absolute Gasteiger partial charge is 0.508 e. The summed E-state index contributed by atoms with van der Waals surface area (Å²) in [7, 11) is 5.37. The molecule has 2 rings (SSSR count). The van der Waals surface area contributed by atoms with Gasteiger partial charge in [0.05, 0.1) is 12.7 Å². The molecule has 0 amide bonds. The molecule has 0 aromatic heterocycles. The van der Waals surface area contributed by atoms with Crippen LogP contribution >= 0.6 is 11.6 Å². The Kier molecular flexibility index (Phi) is 7.28. The van der Waals surface area contributed by atoms with Gasteiger partial charge in [-0.25, -0.2) is 0 Å². The number of hydrogen-bond acceptors (Lipinski definition) is 4. The summed E-state index contributed by atoms with van der Waals surface area (Å²) in [6.45, 7) is 8.44. The van der Waals surface area contributed by atoms with Gasteiger partial charge in [-0.2, -0.15) is 0 Å². The summed E-state index contributed by atoms with van der Waals surface area (Å²) in [5, 5.41) is 10.5. The van der Waals surface area contributed by atoms with E-state index in [2.05, 4.69) is 6.58 Å². The molecule has 0 heterocycles. The monoisotopic (exact) mass is 413 g/mol. The number of hydrogen-bond donors (Lipinski definition) is 1. The Labute approximate surface area is 178 Å². The third kappa shape index (κ3) is 5.49. The van der Waals surface area contributed by atoms with Crippen LogP contribution in [0.5, 0.6) is 11.5 Å². The molecular formula is C24H28ClNO3. The van der Waals surface area contributed by atoms with E-state index in [4.69, 9.17) is 16.3 Å². The van der Waals surface area contributed by atoms with Crippen molar-refractivity contribution in [2.45, 2.75) is 25.8 Å². The number of allylic oxidation sites excluding steroid dienone is 2. The number of carbonyl (C=O) groups is 1. The van der Waals surface area contributed by atoms with Crippen LogP contribution in [0.3, 0.4) is 0 Å². The Bertz CT molecular complexity index is 945. The van der Waals surface area contributed by atoms with Crippen LogP contribution in [-0.2, 0) is 12.0 Å². The predicted octanol–water partition coefficient (Wildman–Crippen LogP) is 5.48. The van der Waals surface area contributed by atoms with Crippen molar-refractivity contribution in [1.82, 2.24) is 4.90 Å². The quantitative estimate of drug-likeness (QED) is 0.354. The van der Waals surface area contributed by atoms with Crippen molar-refractivity contribution in [3.05, 3.63) is 76.3 Å². The third-order valence-corrected chi connectivity index (χ3v) is 5.09. The lowest BCUT2D eigenvalue weighted by Crippen LogP contribution is -2.15. The predicted molar refractivity (Wildman–Crippen MR) is 120 cm³/mol. The van der Waals surface area contributed by atoms with Gasteiger partial charge in [0.1, 0.15) is 11.5 Å². The molecule has 0 fully saturated rings. The molecule has 0 spiro atoms. The molecule has 0 aliphatic heterocycles. The number of nitrogens with zero attached hydrogens (tertiary/aromatic N) is 1. The summed E-state index contributed by atoms with van der Waals surface area (Å²) in [6, 6.07) is 8.70. The van der Waals surface area contributed by atoms with Crippen LogP contribution in [0.4, 0.5) is 0 Å². The minimum Gasteiger partial charge on any atom is -0.508 e. The lowest BCUT2D eigenvalue weighted by molar-refractivity contribution is 0.104. The summed E-state index contributed by atoms with van der Waals surface area (Å²) in [5.74, 6) is 0.465. The van der Waals surface area contributed by atoms with Crippen molar-refractivity contribution >= 4 is 23.5 Å². The Morgan fingerprint density at radius 2 is 1.97 bits per heavy atom. The Morgan fingerprint density at radius 3 is 2.55 bits per heavy atom. The van der Waals surface area contributed by atoms with Crippen LogP contribution in [0.15, 0.2) is 49.1 Å². The summed E-state index contributed by atoms with van der Waals surface area (Å²) in [6.07, 6.45) is 5.03. The van der Waals surface area contributed by atoms with Gasteiger partial charge < -0.3 is 14.7 Å². The molecule has 0 bridgehead atoms. The molecule has 0 saturated heterocycles. The Balaban J connectivity index is 2.40. The summed E-state index contributed by atoms with van der Waals surface area (Å²) >= 11 is 6.41. The van der Waals surface area contributed by atoms with Crippen LogP contribution < -0.4 is 4.74 Å². The van der Waals surface area contributed by atoms with E-state index < -0.39 is 0 Å². The van der Waals surface area contributed by atoms with E-state index in [-0.39, 0.29) is 16.9 Å².